The van der Waals surface area contributed by atoms with Crippen molar-refractivity contribution in [1.29, 1.82) is 0 Å². The molecule has 3 nitrogen and oxygen atoms in total. The summed E-state index contributed by atoms with van der Waals surface area (Å²) in [6, 6.07) is 5.30. The summed E-state index contributed by atoms with van der Waals surface area (Å²) in [7, 11) is 0. The van der Waals surface area contributed by atoms with Crippen LogP contribution in [-0.4, -0.2) is 17.1 Å². The van der Waals surface area contributed by atoms with Crippen LogP contribution in [0.2, 0.25) is 5.02 Å². The fourth-order valence-corrected chi connectivity index (χ4v) is 1.97. The number of aryl methyl sites for hydroxylation is 1. The Morgan fingerprint density at radius 2 is 2.20 bits per heavy atom. The largest absolute Gasteiger partial charge is 0.358 e. The standard InChI is InChI=1S/C11H8ClNO2/c1-6-10(9(15)5-14)11-7(12)3-2-4-8(11)13-6/h2-5,13H,1H3. The van der Waals surface area contributed by atoms with Gasteiger partial charge in [0.25, 0.3) is 0 Å². The van der Waals surface area contributed by atoms with Crippen LogP contribution in [0.25, 0.3) is 10.9 Å². The lowest BCUT2D eigenvalue weighted by Crippen LogP contribution is -2.00. The Morgan fingerprint density at radius 1 is 1.47 bits per heavy atom. The van der Waals surface area contributed by atoms with Gasteiger partial charge in [-0.1, -0.05) is 17.7 Å². The quantitative estimate of drug-likeness (QED) is 0.481. The number of nitrogens with one attached hydrogen (secondary N) is 1. The number of hydrogen-bond acceptors (Lipinski definition) is 2. The third-order valence-corrected chi connectivity index (χ3v) is 2.63. The average Bonchev–Trinajstić information content (AvgIpc) is 2.55. The zero-order chi connectivity index (χ0) is 11.0. The molecular formula is C11H8ClNO2. The molecule has 0 radical (unpaired) electrons. The van der Waals surface area contributed by atoms with Gasteiger partial charge in [0.2, 0.25) is 5.78 Å². The predicted octanol–water partition coefficient (Wildman–Crippen LogP) is 2.51. The number of carbonyl (C=O) groups excluding carboxylic acids is 2. The Labute approximate surface area is 91.0 Å². The molecule has 0 atom stereocenters. The maximum Gasteiger partial charge on any atom is 0.227 e. The highest BCUT2D eigenvalue weighted by atomic mass is 35.5. The van der Waals surface area contributed by atoms with Gasteiger partial charge in [-0.05, 0) is 19.1 Å². The van der Waals surface area contributed by atoms with Crippen LogP contribution in [0.15, 0.2) is 18.2 Å². The number of aromatic nitrogens is 1. The van der Waals surface area contributed by atoms with Gasteiger partial charge in [-0.15, -0.1) is 0 Å². The van der Waals surface area contributed by atoms with Crippen molar-refractivity contribution in [3.63, 3.8) is 0 Å². The lowest BCUT2D eigenvalue weighted by Gasteiger charge is -1.96. The zero-order valence-corrected chi connectivity index (χ0v) is 8.76. The first-order valence-electron chi connectivity index (χ1n) is 4.41. The van der Waals surface area contributed by atoms with E-state index in [1.165, 1.54) is 0 Å². The Balaban J connectivity index is 2.88. The molecule has 1 aromatic carbocycles. The van der Waals surface area contributed by atoms with E-state index in [1.54, 1.807) is 19.1 Å². The first-order valence-corrected chi connectivity index (χ1v) is 4.79. The number of benzene rings is 1. The van der Waals surface area contributed by atoms with E-state index in [1.807, 2.05) is 6.07 Å². The topological polar surface area (TPSA) is 49.9 Å². The Bertz CT molecular complexity index is 557. The molecule has 0 bridgehead atoms. The summed E-state index contributed by atoms with van der Waals surface area (Å²) in [5.41, 5.74) is 1.80. The van der Waals surface area contributed by atoms with Crippen molar-refractivity contribution in [1.82, 2.24) is 4.98 Å². The monoisotopic (exact) mass is 221 g/mol. The summed E-state index contributed by atoms with van der Waals surface area (Å²) < 4.78 is 0. The maximum absolute atomic E-state index is 11.4. The van der Waals surface area contributed by atoms with Crippen molar-refractivity contribution >= 4 is 34.6 Å². The molecule has 0 unspecified atom stereocenters. The molecule has 2 aromatic rings. The van der Waals surface area contributed by atoms with Gasteiger partial charge in [-0.3, -0.25) is 9.59 Å². The Hall–Kier alpha value is -1.61. The summed E-state index contributed by atoms with van der Waals surface area (Å²) >= 11 is 5.99. The minimum absolute atomic E-state index is 0.305. The summed E-state index contributed by atoms with van der Waals surface area (Å²) in [6.45, 7) is 1.74. The second kappa shape index (κ2) is 3.51. The summed E-state index contributed by atoms with van der Waals surface area (Å²) in [6.07, 6.45) is 0.305. The number of aldehydes is 1. The van der Waals surface area contributed by atoms with Gasteiger partial charge in [-0.2, -0.15) is 0 Å². The third-order valence-electron chi connectivity index (χ3n) is 2.31. The Kier molecular flexibility index (Phi) is 2.32. The van der Waals surface area contributed by atoms with Gasteiger partial charge in [0.05, 0.1) is 10.6 Å². The van der Waals surface area contributed by atoms with Crippen LogP contribution in [-0.2, 0) is 4.79 Å². The molecule has 1 N–H and O–H groups in total. The minimum Gasteiger partial charge on any atom is -0.358 e. The maximum atomic E-state index is 11.4. The van der Waals surface area contributed by atoms with E-state index in [4.69, 9.17) is 11.6 Å². The number of fused-ring (bicyclic) bond motifs is 1. The number of hydrogen-bond donors (Lipinski definition) is 1. The molecule has 0 saturated heterocycles. The van der Waals surface area contributed by atoms with E-state index < -0.39 is 5.78 Å². The fourth-order valence-electron chi connectivity index (χ4n) is 1.70. The number of halogens is 1. The first-order chi connectivity index (χ1) is 7.15. The van der Waals surface area contributed by atoms with Gasteiger partial charge < -0.3 is 4.98 Å². The molecule has 0 aliphatic carbocycles. The third kappa shape index (κ3) is 1.45. The molecular weight excluding hydrogens is 214 g/mol. The van der Waals surface area contributed by atoms with Crippen LogP contribution in [0.4, 0.5) is 0 Å². The average molecular weight is 222 g/mol. The fraction of sp³-hybridized carbons (Fsp3) is 0.0909. The van der Waals surface area contributed by atoms with Crippen LogP contribution < -0.4 is 0 Å². The molecule has 4 heteroatoms. The van der Waals surface area contributed by atoms with Crippen molar-refractivity contribution in [3.8, 4) is 0 Å². The number of H-pyrrole nitrogens is 1. The van der Waals surface area contributed by atoms with Crippen molar-refractivity contribution < 1.29 is 9.59 Å². The number of ketones is 1. The lowest BCUT2D eigenvalue weighted by atomic mass is 10.1. The van der Waals surface area contributed by atoms with E-state index in [9.17, 15) is 9.59 Å². The highest BCUT2D eigenvalue weighted by Gasteiger charge is 2.16. The molecule has 0 spiro atoms. The van der Waals surface area contributed by atoms with Crippen molar-refractivity contribution in [2.45, 2.75) is 6.92 Å². The number of aromatic amines is 1. The summed E-state index contributed by atoms with van der Waals surface area (Å²) in [5.74, 6) is -0.549. The van der Waals surface area contributed by atoms with Gasteiger partial charge in [-0.25, -0.2) is 0 Å². The van der Waals surface area contributed by atoms with E-state index in [2.05, 4.69) is 4.98 Å². The van der Waals surface area contributed by atoms with Crippen molar-refractivity contribution in [2.75, 3.05) is 0 Å². The van der Waals surface area contributed by atoms with E-state index >= 15 is 0 Å². The second-order valence-electron chi connectivity index (χ2n) is 3.27. The molecule has 0 saturated carbocycles. The predicted molar refractivity (Wildman–Crippen MR) is 58.4 cm³/mol. The first kappa shape index (κ1) is 9.93. The van der Waals surface area contributed by atoms with Crippen LogP contribution in [0.1, 0.15) is 16.1 Å². The molecule has 1 heterocycles. The molecule has 0 aliphatic rings. The number of carbonyl (C=O) groups is 2. The summed E-state index contributed by atoms with van der Waals surface area (Å²) in [5, 5.41) is 1.09. The number of rotatable bonds is 2. The van der Waals surface area contributed by atoms with E-state index in [0.29, 0.717) is 28.0 Å². The molecule has 15 heavy (non-hydrogen) atoms. The van der Waals surface area contributed by atoms with Crippen LogP contribution >= 0.6 is 11.6 Å². The molecule has 0 aliphatic heterocycles. The molecule has 76 valence electrons. The highest BCUT2D eigenvalue weighted by molar-refractivity contribution is 6.42. The van der Waals surface area contributed by atoms with Crippen molar-refractivity contribution in [2.24, 2.45) is 0 Å². The molecule has 1 aromatic heterocycles. The van der Waals surface area contributed by atoms with Crippen LogP contribution in [0.5, 0.6) is 0 Å². The Morgan fingerprint density at radius 3 is 2.87 bits per heavy atom. The van der Waals surface area contributed by atoms with Crippen LogP contribution in [0, 0.1) is 6.92 Å². The van der Waals surface area contributed by atoms with Gasteiger partial charge in [0.1, 0.15) is 0 Å². The smallest absolute Gasteiger partial charge is 0.227 e. The minimum atomic E-state index is -0.549. The van der Waals surface area contributed by atoms with Gasteiger partial charge in [0.15, 0.2) is 6.29 Å². The molecule has 2 rings (SSSR count). The molecule has 0 amide bonds. The highest BCUT2D eigenvalue weighted by Crippen LogP contribution is 2.28. The number of Topliss-reactive ketones (excluding diaryl/α,β-unsaturated/α-hetero) is 1. The van der Waals surface area contributed by atoms with Crippen LogP contribution in [0.3, 0.4) is 0 Å². The normalized spacial score (nSPS) is 10.5. The van der Waals surface area contributed by atoms with Gasteiger partial charge in [0, 0.05) is 16.6 Å². The van der Waals surface area contributed by atoms with Gasteiger partial charge >= 0.3 is 0 Å². The zero-order valence-electron chi connectivity index (χ0n) is 8.00. The van der Waals surface area contributed by atoms with E-state index in [-0.39, 0.29) is 0 Å². The molecule has 0 fully saturated rings. The second-order valence-corrected chi connectivity index (χ2v) is 3.68. The van der Waals surface area contributed by atoms with Crippen molar-refractivity contribution in [3.05, 3.63) is 34.5 Å². The SMILES string of the molecule is Cc1[nH]c2cccc(Cl)c2c1C(=O)C=O. The van der Waals surface area contributed by atoms with E-state index in [0.717, 1.165) is 5.52 Å². The summed E-state index contributed by atoms with van der Waals surface area (Å²) in [4.78, 5) is 24.9. The lowest BCUT2D eigenvalue weighted by molar-refractivity contribution is -0.104.